The van der Waals surface area contributed by atoms with E-state index in [1.807, 2.05) is 13.8 Å². The Kier molecular flexibility index (Phi) is 3.68. The van der Waals surface area contributed by atoms with Crippen LogP contribution in [-0.4, -0.2) is 34.7 Å². The van der Waals surface area contributed by atoms with Gasteiger partial charge in [-0.1, -0.05) is 13.8 Å². The van der Waals surface area contributed by atoms with Crippen molar-refractivity contribution in [1.29, 1.82) is 0 Å². The Morgan fingerprint density at radius 1 is 1.40 bits per heavy atom. The quantitative estimate of drug-likeness (QED) is 0.632. The fraction of sp³-hybridized carbons (Fsp3) is 0.800. The summed E-state index contributed by atoms with van der Waals surface area (Å²) in [4.78, 5) is 21.6. The predicted octanol–water partition coefficient (Wildman–Crippen LogP) is 0.406. The van der Waals surface area contributed by atoms with Crippen molar-refractivity contribution in [2.24, 2.45) is 17.8 Å². The van der Waals surface area contributed by atoms with E-state index in [1.54, 1.807) is 0 Å². The molecule has 5 heteroatoms. The van der Waals surface area contributed by atoms with Gasteiger partial charge in [-0.3, -0.25) is 9.59 Å². The molecule has 1 aliphatic rings. The summed E-state index contributed by atoms with van der Waals surface area (Å²) in [6.07, 6.45) is -0.0766. The number of rotatable bonds is 4. The van der Waals surface area contributed by atoms with Gasteiger partial charge in [-0.25, -0.2) is 0 Å². The van der Waals surface area contributed by atoms with Crippen LogP contribution < -0.4 is 5.32 Å². The lowest BCUT2D eigenvalue weighted by Gasteiger charge is -2.22. The minimum atomic E-state index is -0.954. The Labute approximate surface area is 88.5 Å². The van der Waals surface area contributed by atoms with E-state index in [2.05, 4.69) is 5.32 Å². The Morgan fingerprint density at radius 3 is 2.40 bits per heavy atom. The monoisotopic (exact) mass is 215 g/mol. The topological polar surface area (TPSA) is 86.6 Å². The second-order valence-corrected chi connectivity index (χ2v) is 4.39. The molecule has 0 spiro atoms. The van der Waals surface area contributed by atoms with Gasteiger partial charge in [0.2, 0.25) is 0 Å². The van der Waals surface area contributed by atoms with Crippen LogP contribution in [-0.2, 0) is 9.59 Å². The minimum absolute atomic E-state index is 0.0766. The first-order valence-corrected chi connectivity index (χ1v) is 5.11. The SMILES string of the molecule is CC(C)[C@@H]1CN[C@@H](C(=O)O)[C@H]1CC(=O)O. The highest BCUT2D eigenvalue weighted by Gasteiger charge is 2.42. The van der Waals surface area contributed by atoms with Crippen LogP contribution in [0.1, 0.15) is 20.3 Å². The molecule has 0 saturated carbocycles. The molecule has 5 nitrogen and oxygen atoms in total. The maximum atomic E-state index is 10.9. The highest BCUT2D eigenvalue weighted by atomic mass is 16.4. The first kappa shape index (κ1) is 12.0. The van der Waals surface area contributed by atoms with E-state index in [9.17, 15) is 9.59 Å². The molecule has 0 aliphatic carbocycles. The third-order valence-corrected chi connectivity index (χ3v) is 3.08. The molecule has 1 aliphatic heterocycles. The van der Waals surface area contributed by atoms with Gasteiger partial charge >= 0.3 is 11.9 Å². The Morgan fingerprint density at radius 2 is 2.00 bits per heavy atom. The van der Waals surface area contributed by atoms with Crippen LogP contribution in [0.3, 0.4) is 0 Å². The van der Waals surface area contributed by atoms with E-state index in [0.717, 1.165) is 0 Å². The third-order valence-electron chi connectivity index (χ3n) is 3.08. The van der Waals surface area contributed by atoms with Crippen LogP contribution in [0, 0.1) is 17.8 Å². The fourth-order valence-electron chi connectivity index (χ4n) is 2.28. The third kappa shape index (κ3) is 2.68. The molecule has 0 aromatic rings. The van der Waals surface area contributed by atoms with Crippen molar-refractivity contribution in [3.05, 3.63) is 0 Å². The Bertz CT molecular complexity index is 264. The van der Waals surface area contributed by atoms with E-state index >= 15 is 0 Å². The lowest BCUT2D eigenvalue weighted by molar-refractivity contribution is -0.142. The lowest BCUT2D eigenvalue weighted by Crippen LogP contribution is -2.37. The van der Waals surface area contributed by atoms with Gasteiger partial charge in [0, 0.05) is 0 Å². The summed E-state index contributed by atoms with van der Waals surface area (Å²) in [5, 5.41) is 20.6. The largest absolute Gasteiger partial charge is 0.481 e. The van der Waals surface area contributed by atoms with Crippen molar-refractivity contribution >= 4 is 11.9 Å². The molecule has 0 amide bonds. The Balaban J connectivity index is 2.77. The van der Waals surface area contributed by atoms with E-state index < -0.39 is 18.0 Å². The maximum absolute atomic E-state index is 10.9. The van der Waals surface area contributed by atoms with Gasteiger partial charge in [0.1, 0.15) is 6.04 Å². The second kappa shape index (κ2) is 4.61. The van der Waals surface area contributed by atoms with Crippen LogP contribution in [0.15, 0.2) is 0 Å². The fourth-order valence-corrected chi connectivity index (χ4v) is 2.28. The molecule has 1 heterocycles. The average molecular weight is 215 g/mol. The van der Waals surface area contributed by atoms with Crippen molar-refractivity contribution in [1.82, 2.24) is 5.32 Å². The van der Waals surface area contributed by atoms with Gasteiger partial charge in [-0.2, -0.15) is 0 Å². The Hall–Kier alpha value is -1.10. The minimum Gasteiger partial charge on any atom is -0.481 e. The molecular formula is C10H17NO4. The maximum Gasteiger partial charge on any atom is 0.321 e. The summed E-state index contributed by atoms with van der Waals surface area (Å²) in [5.41, 5.74) is 0. The van der Waals surface area contributed by atoms with Gasteiger partial charge in [0.05, 0.1) is 6.42 Å². The van der Waals surface area contributed by atoms with E-state index in [0.29, 0.717) is 12.5 Å². The molecule has 1 rings (SSSR count). The van der Waals surface area contributed by atoms with Gasteiger partial charge in [0.25, 0.3) is 0 Å². The number of hydrogen-bond acceptors (Lipinski definition) is 3. The number of nitrogens with one attached hydrogen (secondary N) is 1. The summed E-state index contributed by atoms with van der Waals surface area (Å²) < 4.78 is 0. The zero-order chi connectivity index (χ0) is 11.6. The molecular weight excluding hydrogens is 198 g/mol. The van der Waals surface area contributed by atoms with E-state index in [1.165, 1.54) is 0 Å². The van der Waals surface area contributed by atoms with Gasteiger partial charge < -0.3 is 15.5 Å². The molecule has 0 unspecified atom stereocenters. The molecule has 3 N–H and O–H groups in total. The number of carboxylic acid groups (broad SMARTS) is 2. The number of carbonyl (C=O) groups is 2. The van der Waals surface area contributed by atoms with Crippen molar-refractivity contribution in [2.75, 3.05) is 6.54 Å². The normalized spacial score (nSPS) is 30.7. The molecule has 1 fully saturated rings. The van der Waals surface area contributed by atoms with Gasteiger partial charge in [-0.15, -0.1) is 0 Å². The van der Waals surface area contributed by atoms with E-state index in [-0.39, 0.29) is 18.3 Å². The van der Waals surface area contributed by atoms with Crippen molar-refractivity contribution in [3.8, 4) is 0 Å². The molecule has 0 aromatic heterocycles. The van der Waals surface area contributed by atoms with Crippen LogP contribution in [0.2, 0.25) is 0 Å². The highest BCUT2D eigenvalue weighted by Crippen LogP contribution is 2.31. The number of carboxylic acids is 2. The van der Waals surface area contributed by atoms with Crippen LogP contribution in [0.4, 0.5) is 0 Å². The van der Waals surface area contributed by atoms with Crippen LogP contribution in [0.5, 0.6) is 0 Å². The highest BCUT2D eigenvalue weighted by molar-refractivity contribution is 5.76. The van der Waals surface area contributed by atoms with Gasteiger partial charge in [0.15, 0.2) is 0 Å². The van der Waals surface area contributed by atoms with Crippen LogP contribution in [0.25, 0.3) is 0 Å². The number of aliphatic carboxylic acids is 2. The first-order chi connectivity index (χ1) is 6.93. The summed E-state index contributed by atoms with van der Waals surface area (Å²) in [7, 11) is 0. The molecule has 0 bridgehead atoms. The number of hydrogen-bond donors (Lipinski definition) is 3. The average Bonchev–Trinajstić information content (AvgIpc) is 2.46. The van der Waals surface area contributed by atoms with Crippen LogP contribution >= 0.6 is 0 Å². The summed E-state index contributed by atoms with van der Waals surface area (Å²) in [5.74, 6) is -1.77. The zero-order valence-electron chi connectivity index (χ0n) is 8.93. The standard InChI is InChI=1S/C10H17NO4/c1-5(2)7-4-11-9(10(14)15)6(7)3-8(12)13/h5-7,9,11H,3-4H2,1-2H3,(H,12,13)(H,14,15)/t6-,7-,9+/m0/s1. The summed E-state index contributed by atoms with van der Waals surface area (Å²) in [6.45, 7) is 4.57. The smallest absolute Gasteiger partial charge is 0.321 e. The molecule has 1 saturated heterocycles. The van der Waals surface area contributed by atoms with E-state index in [4.69, 9.17) is 10.2 Å². The molecule has 3 atom stereocenters. The molecule has 15 heavy (non-hydrogen) atoms. The van der Waals surface area contributed by atoms with Gasteiger partial charge in [-0.05, 0) is 24.3 Å². The van der Waals surface area contributed by atoms with Crippen molar-refractivity contribution < 1.29 is 19.8 Å². The summed E-state index contributed by atoms with van der Waals surface area (Å²) >= 11 is 0. The second-order valence-electron chi connectivity index (χ2n) is 4.39. The van der Waals surface area contributed by atoms with Crippen molar-refractivity contribution in [3.63, 3.8) is 0 Å². The van der Waals surface area contributed by atoms with Crippen molar-refractivity contribution in [2.45, 2.75) is 26.3 Å². The zero-order valence-corrected chi connectivity index (χ0v) is 8.93. The lowest BCUT2D eigenvalue weighted by atomic mass is 9.81. The predicted molar refractivity (Wildman–Crippen MR) is 53.5 cm³/mol. The first-order valence-electron chi connectivity index (χ1n) is 5.11. The molecule has 0 aromatic carbocycles. The molecule has 0 radical (unpaired) electrons. The summed E-state index contributed by atoms with van der Waals surface area (Å²) in [6, 6.07) is -0.714. The molecule has 86 valence electrons.